The molecule has 0 aliphatic carbocycles. The van der Waals surface area contributed by atoms with E-state index in [0.717, 1.165) is 0 Å². The fraction of sp³-hybridized carbons (Fsp3) is 1.00. The van der Waals surface area contributed by atoms with Gasteiger partial charge in [0.1, 0.15) is 4.75 Å². The summed E-state index contributed by atoms with van der Waals surface area (Å²) in [5.74, 6) is -2.30. The van der Waals surface area contributed by atoms with Crippen molar-refractivity contribution in [3.63, 3.8) is 0 Å². The zero-order chi connectivity index (χ0) is 13.4. The molecule has 0 aromatic carbocycles. The molecule has 0 bridgehead atoms. The Morgan fingerprint density at radius 1 is 0.938 bits per heavy atom. The molecule has 6 nitrogen and oxygen atoms in total. The Kier molecular flexibility index (Phi) is 4.54. The molecule has 0 amide bonds. The summed E-state index contributed by atoms with van der Waals surface area (Å²) >= 11 is 0. The summed E-state index contributed by atoms with van der Waals surface area (Å²) in [6.07, 6.45) is 0. The van der Waals surface area contributed by atoms with Crippen molar-refractivity contribution in [3.8, 4) is 0 Å². The first kappa shape index (κ1) is 15.8. The van der Waals surface area contributed by atoms with Crippen LogP contribution in [0.3, 0.4) is 0 Å². The lowest BCUT2D eigenvalue weighted by Gasteiger charge is -2.36. The van der Waals surface area contributed by atoms with Crippen molar-refractivity contribution in [2.45, 2.75) is 32.4 Å². The maximum absolute atomic E-state index is 11.4. The number of hydrogen-bond donors (Lipinski definition) is 2. The van der Waals surface area contributed by atoms with Crippen LogP contribution >= 0.6 is 0 Å². The summed E-state index contributed by atoms with van der Waals surface area (Å²) in [6.45, 7) is 5.94. The molecule has 0 saturated heterocycles. The van der Waals surface area contributed by atoms with E-state index in [9.17, 15) is 21.4 Å². The summed E-state index contributed by atoms with van der Waals surface area (Å²) in [6, 6.07) is 0. The van der Waals surface area contributed by atoms with E-state index < -0.39 is 42.6 Å². The van der Waals surface area contributed by atoms with Gasteiger partial charge in [0.15, 0.2) is 0 Å². The minimum atomic E-state index is -4.60. The molecule has 0 radical (unpaired) electrons. The average molecular weight is 274 g/mol. The molecular formula is C8H18O6S2. The van der Waals surface area contributed by atoms with Gasteiger partial charge >= 0.3 is 0 Å². The van der Waals surface area contributed by atoms with Crippen LogP contribution in [-0.4, -0.2) is 36.4 Å². The van der Waals surface area contributed by atoms with E-state index in [0.29, 0.717) is 0 Å². The van der Waals surface area contributed by atoms with Gasteiger partial charge in [-0.15, -0.1) is 0 Å². The Labute approximate surface area is 96.6 Å². The van der Waals surface area contributed by atoms with Crippen LogP contribution in [0.1, 0.15) is 27.7 Å². The quantitative estimate of drug-likeness (QED) is 0.718. The van der Waals surface area contributed by atoms with E-state index in [2.05, 4.69) is 0 Å². The molecule has 0 spiro atoms. The summed E-state index contributed by atoms with van der Waals surface area (Å²) < 4.78 is 60.7. The maximum Gasteiger partial charge on any atom is 0.272 e. The molecule has 98 valence electrons. The first-order valence-corrected chi connectivity index (χ1v) is 7.81. The molecule has 0 saturated carbocycles. The van der Waals surface area contributed by atoms with E-state index in [1.807, 2.05) is 0 Å². The molecule has 0 unspecified atom stereocenters. The van der Waals surface area contributed by atoms with Gasteiger partial charge in [-0.3, -0.25) is 9.11 Å². The van der Waals surface area contributed by atoms with Crippen LogP contribution in [-0.2, 0) is 20.2 Å². The van der Waals surface area contributed by atoms with Gasteiger partial charge in [0.2, 0.25) is 0 Å². The molecule has 0 aliphatic rings. The van der Waals surface area contributed by atoms with Gasteiger partial charge in [0, 0.05) is 0 Å². The van der Waals surface area contributed by atoms with Crippen molar-refractivity contribution in [1.82, 2.24) is 0 Å². The zero-order valence-corrected chi connectivity index (χ0v) is 11.3. The van der Waals surface area contributed by atoms with E-state index in [4.69, 9.17) is 4.55 Å². The second-order valence-electron chi connectivity index (χ2n) is 4.47. The molecular weight excluding hydrogens is 256 g/mol. The maximum atomic E-state index is 11.4. The highest BCUT2D eigenvalue weighted by Crippen LogP contribution is 2.35. The minimum absolute atomic E-state index is 0.649. The van der Waals surface area contributed by atoms with Crippen LogP contribution in [0.15, 0.2) is 0 Å². The largest absolute Gasteiger partial charge is 0.285 e. The number of hydrogen-bond acceptors (Lipinski definition) is 4. The van der Waals surface area contributed by atoms with E-state index in [1.165, 1.54) is 27.7 Å². The van der Waals surface area contributed by atoms with Crippen LogP contribution < -0.4 is 0 Å². The normalized spacial score (nSPS) is 14.8. The summed E-state index contributed by atoms with van der Waals surface area (Å²) in [7, 11) is -9.09. The van der Waals surface area contributed by atoms with Gasteiger partial charge in [0.25, 0.3) is 20.2 Å². The Bertz CT molecular complexity index is 423. The van der Waals surface area contributed by atoms with Crippen molar-refractivity contribution in [2.24, 2.45) is 11.8 Å². The Morgan fingerprint density at radius 3 is 1.31 bits per heavy atom. The van der Waals surface area contributed by atoms with Gasteiger partial charge in [-0.1, -0.05) is 27.7 Å². The molecule has 16 heavy (non-hydrogen) atoms. The molecule has 2 N–H and O–H groups in total. The lowest BCUT2D eigenvalue weighted by Crippen LogP contribution is -2.53. The van der Waals surface area contributed by atoms with Gasteiger partial charge in [-0.05, 0) is 11.8 Å². The highest BCUT2D eigenvalue weighted by atomic mass is 32.2. The summed E-state index contributed by atoms with van der Waals surface area (Å²) in [5, 5.41) is 0. The molecule has 0 aromatic heterocycles. The fourth-order valence-corrected chi connectivity index (χ4v) is 5.43. The van der Waals surface area contributed by atoms with Crippen LogP contribution in [0.25, 0.3) is 0 Å². The monoisotopic (exact) mass is 274 g/mol. The molecule has 0 atom stereocenters. The smallest absolute Gasteiger partial charge is 0.272 e. The zero-order valence-electron chi connectivity index (χ0n) is 9.71. The first-order valence-electron chi connectivity index (χ1n) is 4.76. The van der Waals surface area contributed by atoms with Crippen molar-refractivity contribution < 1.29 is 25.9 Å². The van der Waals surface area contributed by atoms with Gasteiger partial charge in [0.05, 0.1) is 5.75 Å². The molecule has 0 rings (SSSR count). The van der Waals surface area contributed by atoms with Crippen LogP contribution in [0.5, 0.6) is 0 Å². The fourth-order valence-electron chi connectivity index (χ4n) is 1.96. The molecule has 0 aromatic rings. The SMILES string of the molecule is CC(C)C(CS(=O)(=O)O)(C(C)C)S(=O)(=O)O. The third kappa shape index (κ3) is 3.16. The standard InChI is InChI=1S/C8H18O6S2/c1-6(2)8(7(3)4,16(12,13)14)5-15(9,10)11/h6-7H,5H2,1-4H3,(H,9,10,11)(H,12,13,14). The molecule has 8 heteroatoms. The topological polar surface area (TPSA) is 109 Å². The Morgan fingerprint density at radius 2 is 1.25 bits per heavy atom. The lowest BCUT2D eigenvalue weighted by atomic mass is 9.86. The second-order valence-corrected chi connectivity index (χ2v) is 7.63. The second kappa shape index (κ2) is 4.59. The highest BCUT2D eigenvalue weighted by Gasteiger charge is 2.51. The summed E-state index contributed by atoms with van der Waals surface area (Å²) in [4.78, 5) is 0. The molecule has 0 fully saturated rings. The first-order chi connectivity index (χ1) is 6.84. The highest BCUT2D eigenvalue weighted by molar-refractivity contribution is 7.90. The van der Waals surface area contributed by atoms with Crippen molar-refractivity contribution >= 4 is 20.2 Å². The van der Waals surface area contributed by atoms with E-state index in [1.54, 1.807) is 0 Å². The van der Waals surface area contributed by atoms with Crippen LogP contribution in [0.2, 0.25) is 0 Å². The predicted octanol–water partition coefficient (Wildman–Crippen LogP) is 0.813. The van der Waals surface area contributed by atoms with Crippen molar-refractivity contribution in [1.29, 1.82) is 0 Å². The lowest BCUT2D eigenvalue weighted by molar-refractivity contribution is 0.302. The van der Waals surface area contributed by atoms with Crippen LogP contribution in [0.4, 0.5) is 0 Å². The van der Waals surface area contributed by atoms with Crippen molar-refractivity contribution in [2.75, 3.05) is 5.75 Å². The van der Waals surface area contributed by atoms with Gasteiger partial charge in [-0.2, -0.15) is 16.8 Å². The van der Waals surface area contributed by atoms with Gasteiger partial charge in [-0.25, -0.2) is 0 Å². The Hall–Kier alpha value is -0.180. The third-order valence-electron chi connectivity index (χ3n) is 2.84. The number of rotatable bonds is 5. The Balaban J connectivity index is 5.87. The summed E-state index contributed by atoms with van der Waals surface area (Å²) in [5.41, 5.74) is 0. The average Bonchev–Trinajstić information content (AvgIpc) is 1.94. The molecule has 0 aliphatic heterocycles. The predicted molar refractivity (Wildman–Crippen MR) is 60.4 cm³/mol. The van der Waals surface area contributed by atoms with Crippen molar-refractivity contribution in [3.05, 3.63) is 0 Å². The van der Waals surface area contributed by atoms with Crippen LogP contribution in [0, 0.1) is 11.8 Å². The van der Waals surface area contributed by atoms with E-state index in [-0.39, 0.29) is 0 Å². The molecule has 0 heterocycles. The van der Waals surface area contributed by atoms with Gasteiger partial charge < -0.3 is 0 Å². The van der Waals surface area contributed by atoms with E-state index >= 15 is 0 Å². The third-order valence-corrected chi connectivity index (χ3v) is 5.92. The minimum Gasteiger partial charge on any atom is -0.285 e.